The number of nitrogens with zero attached hydrogens (tertiary/aromatic N) is 4. The first-order valence-corrected chi connectivity index (χ1v) is 10.5. The Morgan fingerprint density at radius 1 is 1.22 bits per heavy atom. The van der Waals surface area contributed by atoms with Crippen LogP contribution in [-0.2, 0) is 21.4 Å². The summed E-state index contributed by atoms with van der Waals surface area (Å²) in [7, 11) is -1.94. The summed E-state index contributed by atoms with van der Waals surface area (Å²) in [6, 6.07) is 6.74. The predicted octanol–water partition coefficient (Wildman–Crippen LogP) is 2.19. The van der Waals surface area contributed by atoms with Crippen molar-refractivity contribution in [1.29, 1.82) is 0 Å². The third-order valence-corrected chi connectivity index (χ3v) is 7.03. The quantitative estimate of drug-likeness (QED) is 0.708. The van der Waals surface area contributed by atoms with Crippen molar-refractivity contribution in [3.8, 4) is 0 Å². The average Bonchev–Trinajstić information content (AvgIpc) is 2.68. The molecule has 0 radical (unpaired) electrons. The summed E-state index contributed by atoms with van der Waals surface area (Å²) in [6.07, 6.45) is 5.80. The molecule has 0 atom stereocenters. The Labute approximate surface area is 164 Å². The summed E-state index contributed by atoms with van der Waals surface area (Å²) in [5, 5.41) is -0.0345. The monoisotopic (exact) mass is 408 g/mol. The number of carbonyl (C=O) groups is 1. The fraction of sp³-hybridized carbons (Fsp3) is 0.389. The van der Waals surface area contributed by atoms with Crippen LogP contribution in [0.1, 0.15) is 18.4 Å². The first-order valence-electron chi connectivity index (χ1n) is 8.64. The second-order valence-corrected chi connectivity index (χ2v) is 8.78. The highest BCUT2D eigenvalue weighted by Crippen LogP contribution is 2.27. The number of hydrogen-bond acceptors (Lipinski definition) is 5. The van der Waals surface area contributed by atoms with Gasteiger partial charge in [-0.1, -0.05) is 11.6 Å². The van der Waals surface area contributed by atoms with Crippen molar-refractivity contribution >= 4 is 27.5 Å². The molecule has 1 aliphatic heterocycles. The van der Waals surface area contributed by atoms with E-state index in [4.69, 9.17) is 11.6 Å². The standard InChI is InChI=1S/C18H21ClN4O3S/c1-22(13-14-4-9-20-10-5-14)18(24)15-6-11-23(12-7-15)27(25,26)16-3-2-8-21-17(16)19/h2-5,8-10,15H,6-7,11-13H2,1H3. The minimum absolute atomic E-state index is 0.00579. The average molecular weight is 409 g/mol. The Morgan fingerprint density at radius 2 is 1.89 bits per heavy atom. The van der Waals surface area contributed by atoms with Crippen LogP contribution in [0.5, 0.6) is 0 Å². The van der Waals surface area contributed by atoms with E-state index in [9.17, 15) is 13.2 Å². The summed E-state index contributed by atoms with van der Waals surface area (Å²) in [6.45, 7) is 1.07. The number of pyridine rings is 2. The third-order valence-electron chi connectivity index (χ3n) is 4.69. The first kappa shape index (κ1) is 19.7. The molecule has 1 saturated heterocycles. The topological polar surface area (TPSA) is 83.5 Å². The molecule has 7 nitrogen and oxygen atoms in total. The molecule has 0 aliphatic carbocycles. The first-order chi connectivity index (χ1) is 12.9. The molecule has 2 aromatic heterocycles. The van der Waals surface area contributed by atoms with Gasteiger partial charge in [0.15, 0.2) is 0 Å². The zero-order valence-electron chi connectivity index (χ0n) is 15.0. The molecule has 0 unspecified atom stereocenters. The molecule has 0 spiro atoms. The van der Waals surface area contributed by atoms with Crippen LogP contribution in [0.25, 0.3) is 0 Å². The van der Waals surface area contributed by atoms with E-state index in [0.29, 0.717) is 19.4 Å². The van der Waals surface area contributed by atoms with Crippen molar-refractivity contribution in [3.63, 3.8) is 0 Å². The van der Waals surface area contributed by atoms with Crippen molar-refractivity contribution in [2.24, 2.45) is 5.92 Å². The van der Waals surface area contributed by atoms with Crippen molar-refractivity contribution < 1.29 is 13.2 Å². The highest BCUT2D eigenvalue weighted by atomic mass is 35.5. The minimum Gasteiger partial charge on any atom is -0.341 e. The fourth-order valence-corrected chi connectivity index (χ4v) is 5.10. The van der Waals surface area contributed by atoms with Gasteiger partial charge in [-0.2, -0.15) is 4.31 Å². The Balaban J connectivity index is 1.61. The molecule has 0 N–H and O–H groups in total. The molecule has 1 amide bonds. The summed E-state index contributed by atoms with van der Waals surface area (Å²) in [5.41, 5.74) is 1.01. The molecule has 1 fully saturated rings. The van der Waals surface area contributed by atoms with Gasteiger partial charge < -0.3 is 4.90 Å². The van der Waals surface area contributed by atoms with Gasteiger partial charge in [0, 0.05) is 51.2 Å². The van der Waals surface area contributed by atoms with E-state index < -0.39 is 10.0 Å². The molecule has 0 aromatic carbocycles. The molecule has 144 valence electrons. The van der Waals surface area contributed by atoms with Gasteiger partial charge >= 0.3 is 0 Å². The van der Waals surface area contributed by atoms with E-state index >= 15 is 0 Å². The molecule has 3 rings (SSSR count). The summed E-state index contributed by atoms with van der Waals surface area (Å²) in [5.74, 6) is -0.157. The van der Waals surface area contributed by atoms with Crippen LogP contribution in [0.15, 0.2) is 47.8 Å². The third kappa shape index (κ3) is 4.45. The molecule has 27 heavy (non-hydrogen) atoms. The van der Waals surface area contributed by atoms with Gasteiger partial charge in [-0.3, -0.25) is 9.78 Å². The lowest BCUT2D eigenvalue weighted by atomic mass is 9.96. The molecule has 3 heterocycles. The van der Waals surface area contributed by atoms with Gasteiger partial charge in [0.2, 0.25) is 15.9 Å². The second kappa shape index (κ2) is 8.33. The highest BCUT2D eigenvalue weighted by Gasteiger charge is 2.34. The number of halogens is 1. The predicted molar refractivity (Wildman–Crippen MR) is 101 cm³/mol. The van der Waals surface area contributed by atoms with Crippen LogP contribution in [0.3, 0.4) is 0 Å². The van der Waals surface area contributed by atoms with Crippen LogP contribution >= 0.6 is 11.6 Å². The second-order valence-electron chi connectivity index (χ2n) is 6.52. The molecule has 1 aliphatic rings. The molecule has 9 heteroatoms. The van der Waals surface area contributed by atoms with Gasteiger partial charge in [-0.25, -0.2) is 13.4 Å². The van der Waals surface area contributed by atoms with Crippen molar-refractivity contribution in [1.82, 2.24) is 19.2 Å². The Hall–Kier alpha value is -2.03. The maximum Gasteiger partial charge on any atom is 0.246 e. The number of hydrogen-bond donors (Lipinski definition) is 0. The minimum atomic E-state index is -3.70. The van der Waals surface area contributed by atoms with Gasteiger partial charge in [0.1, 0.15) is 10.0 Å². The lowest BCUT2D eigenvalue weighted by Crippen LogP contribution is -2.43. The molecule has 0 bridgehead atoms. The summed E-state index contributed by atoms with van der Waals surface area (Å²) < 4.78 is 26.9. The lowest BCUT2D eigenvalue weighted by Gasteiger charge is -2.32. The number of rotatable bonds is 5. The van der Waals surface area contributed by atoms with E-state index in [2.05, 4.69) is 9.97 Å². The zero-order chi connectivity index (χ0) is 19.4. The lowest BCUT2D eigenvalue weighted by molar-refractivity contribution is -0.135. The van der Waals surface area contributed by atoms with Gasteiger partial charge in [-0.15, -0.1) is 0 Å². The van der Waals surface area contributed by atoms with Crippen LogP contribution in [0.4, 0.5) is 0 Å². The van der Waals surface area contributed by atoms with E-state index in [-0.39, 0.29) is 35.0 Å². The van der Waals surface area contributed by atoms with Crippen LogP contribution < -0.4 is 0 Å². The maximum absolute atomic E-state index is 12.8. The fourth-order valence-electron chi connectivity index (χ4n) is 3.20. The Kier molecular flexibility index (Phi) is 6.08. The molecule has 2 aromatic rings. The maximum atomic E-state index is 12.8. The zero-order valence-corrected chi connectivity index (χ0v) is 16.5. The van der Waals surface area contributed by atoms with E-state index in [0.717, 1.165) is 5.56 Å². The number of piperidine rings is 1. The van der Waals surface area contributed by atoms with Crippen molar-refractivity contribution in [3.05, 3.63) is 53.6 Å². The summed E-state index contributed by atoms with van der Waals surface area (Å²) in [4.78, 5) is 22.2. The van der Waals surface area contributed by atoms with Gasteiger partial charge in [-0.05, 0) is 42.7 Å². The van der Waals surface area contributed by atoms with Gasteiger partial charge in [0.05, 0.1) is 0 Å². The summed E-state index contributed by atoms with van der Waals surface area (Å²) >= 11 is 5.94. The number of amides is 1. The Bertz CT molecular complexity index is 900. The Morgan fingerprint density at radius 3 is 2.52 bits per heavy atom. The van der Waals surface area contributed by atoms with Gasteiger partial charge in [0.25, 0.3) is 0 Å². The van der Waals surface area contributed by atoms with Crippen LogP contribution in [0, 0.1) is 5.92 Å². The normalized spacial score (nSPS) is 16.2. The molecule has 0 saturated carbocycles. The van der Waals surface area contributed by atoms with Crippen LogP contribution in [-0.4, -0.2) is 53.6 Å². The van der Waals surface area contributed by atoms with Crippen LogP contribution in [0.2, 0.25) is 5.15 Å². The van der Waals surface area contributed by atoms with Crippen molar-refractivity contribution in [2.45, 2.75) is 24.3 Å². The SMILES string of the molecule is CN(Cc1ccncc1)C(=O)C1CCN(S(=O)(=O)c2cccnc2Cl)CC1. The smallest absolute Gasteiger partial charge is 0.246 e. The molecular weight excluding hydrogens is 388 g/mol. The number of carbonyl (C=O) groups excluding carboxylic acids is 1. The number of aromatic nitrogens is 2. The molecular formula is C18H21ClN4O3S. The van der Waals surface area contributed by atoms with Crippen molar-refractivity contribution in [2.75, 3.05) is 20.1 Å². The van der Waals surface area contributed by atoms with E-state index in [1.54, 1.807) is 30.4 Å². The largest absolute Gasteiger partial charge is 0.341 e. The highest BCUT2D eigenvalue weighted by molar-refractivity contribution is 7.89. The van der Waals surface area contributed by atoms with E-state index in [1.807, 2.05) is 12.1 Å². The number of sulfonamides is 1. The van der Waals surface area contributed by atoms with E-state index in [1.165, 1.54) is 16.6 Å².